The van der Waals surface area contributed by atoms with E-state index in [-0.39, 0.29) is 12.0 Å². The molecule has 1 atom stereocenters. The topological polar surface area (TPSA) is 62.2 Å². The quantitative estimate of drug-likeness (QED) is 0.860. The molecule has 2 aromatic rings. The summed E-state index contributed by atoms with van der Waals surface area (Å²) in [5.41, 5.74) is 1.01. The molecule has 2 rings (SSSR count). The number of hydrogen-bond acceptors (Lipinski definition) is 4. The van der Waals surface area contributed by atoms with Gasteiger partial charge < -0.3 is 10.4 Å². The number of hydrogen-bond donors (Lipinski definition) is 2. The lowest BCUT2D eigenvalue weighted by atomic mass is 10.2. The van der Waals surface area contributed by atoms with Gasteiger partial charge in [-0.05, 0) is 12.8 Å². The smallest absolute Gasteiger partial charge is 0.263 e. The molecule has 5 heteroatoms. The minimum atomic E-state index is -0.350. The summed E-state index contributed by atoms with van der Waals surface area (Å²) < 4.78 is 0. The normalized spacial score (nSPS) is 12.1. The summed E-state index contributed by atoms with van der Waals surface area (Å²) >= 11 is 1.37. The van der Waals surface area contributed by atoms with Crippen LogP contribution in [0.2, 0.25) is 0 Å². The van der Waals surface area contributed by atoms with Gasteiger partial charge in [0, 0.05) is 12.1 Å². The fraction of sp³-hybridized carbons (Fsp3) is 0.333. The first-order valence-corrected chi connectivity index (χ1v) is 7.50. The Morgan fingerprint density at radius 3 is 2.85 bits per heavy atom. The Morgan fingerprint density at radius 2 is 2.15 bits per heavy atom. The molecule has 0 aliphatic heterocycles. The summed E-state index contributed by atoms with van der Waals surface area (Å²) in [6.45, 7) is 2.40. The monoisotopic (exact) mass is 290 g/mol. The Kier molecular flexibility index (Phi) is 5.26. The number of benzene rings is 1. The number of carbonyl (C=O) groups excluding carboxylic acids is 1. The lowest BCUT2D eigenvalue weighted by Gasteiger charge is -2.07. The fourth-order valence-electron chi connectivity index (χ4n) is 1.74. The maximum absolute atomic E-state index is 11.9. The van der Waals surface area contributed by atoms with Gasteiger partial charge in [-0.15, -0.1) is 11.3 Å². The average molecular weight is 290 g/mol. The molecule has 0 spiro atoms. The first kappa shape index (κ1) is 14.7. The SMILES string of the molecule is CCC(O)CCNC(=O)c1cnc(-c2ccccc2)s1. The van der Waals surface area contributed by atoms with Crippen molar-refractivity contribution in [3.8, 4) is 10.6 Å². The van der Waals surface area contributed by atoms with E-state index in [0.29, 0.717) is 24.3 Å². The maximum atomic E-state index is 11.9. The van der Waals surface area contributed by atoms with Gasteiger partial charge in [0.05, 0.1) is 12.3 Å². The van der Waals surface area contributed by atoms with Crippen molar-refractivity contribution in [1.82, 2.24) is 10.3 Å². The molecule has 1 unspecified atom stereocenters. The zero-order valence-electron chi connectivity index (χ0n) is 11.4. The molecule has 0 saturated heterocycles. The minimum absolute atomic E-state index is 0.131. The number of aliphatic hydroxyl groups excluding tert-OH is 1. The third-order valence-electron chi connectivity index (χ3n) is 2.98. The van der Waals surface area contributed by atoms with Gasteiger partial charge >= 0.3 is 0 Å². The van der Waals surface area contributed by atoms with Gasteiger partial charge in [-0.25, -0.2) is 4.98 Å². The van der Waals surface area contributed by atoms with Crippen molar-refractivity contribution in [1.29, 1.82) is 0 Å². The molecule has 4 nitrogen and oxygen atoms in total. The molecule has 0 aliphatic carbocycles. The van der Waals surface area contributed by atoms with Crippen LogP contribution >= 0.6 is 11.3 Å². The van der Waals surface area contributed by atoms with Gasteiger partial charge in [0.15, 0.2) is 0 Å². The van der Waals surface area contributed by atoms with Crippen molar-refractivity contribution < 1.29 is 9.90 Å². The fourth-order valence-corrected chi connectivity index (χ4v) is 2.57. The number of nitrogens with zero attached hydrogens (tertiary/aromatic N) is 1. The summed E-state index contributed by atoms with van der Waals surface area (Å²) in [5.74, 6) is -0.131. The van der Waals surface area contributed by atoms with Crippen molar-refractivity contribution >= 4 is 17.2 Å². The molecule has 1 amide bonds. The predicted molar refractivity (Wildman–Crippen MR) is 80.8 cm³/mol. The highest BCUT2D eigenvalue weighted by atomic mass is 32.1. The largest absolute Gasteiger partial charge is 0.393 e. The Morgan fingerprint density at radius 1 is 1.40 bits per heavy atom. The molecular weight excluding hydrogens is 272 g/mol. The summed E-state index contributed by atoms with van der Waals surface area (Å²) in [4.78, 5) is 16.8. The number of aliphatic hydroxyl groups is 1. The van der Waals surface area contributed by atoms with E-state index >= 15 is 0 Å². The first-order valence-electron chi connectivity index (χ1n) is 6.68. The van der Waals surface area contributed by atoms with Crippen LogP contribution < -0.4 is 5.32 Å². The summed E-state index contributed by atoms with van der Waals surface area (Å²) in [7, 11) is 0. The molecular formula is C15H18N2O2S. The number of rotatable bonds is 6. The molecule has 0 saturated carbocycles. The second-order valence-corrected chi connectivity index (χ2v) is 5.53. The van der Waals surface area contributed by atoms with Crippen LogP contribution in [-0.4, -0.2) is 28.6 Å². The molecule has 106 valence electrons. The number of thiazole rings is 1. The lowest BCUT2D eigenvalue weighted by molar-refractivity contribution is 0.0946. The Hall–Kier alpha value is -1.72. The highest BCUT2D eigenvalue weighted by molar-refractivity contribution is 7.16. The lowest BCUT2D eigenvalue weighted by Crippen LogP contribution is -2.26. The molecule has 0 bridgehead atoms. The third-order valence-corrected chi connectivity index (χ3v) is 4.03. The van der Waals surface area contributed by atoms with Gasteiger partial charge in [-0.1, -0.05) is 37.3 Å². The molecule has 1 heterocycles. The molecule has 1 aromatic carbocycles. The van der Waals surface area contributed by atoms with E-state index in [1.165, 1.54) is 11.3 Å². The van der Waals surface area contributed by atoms with Crippen molar-refractivity contribution in [2.75, 3.05) is 6.54 Å². The van der Waals surface area contributed by atoms with E-state index in [2.05, 4.69) is 10.3 Å². The van der Waals surface area contributed by atoms with E-state index in [1.54, 1.807) is 6.20 Å². The van der Waals surface area contributed by atoms with Crippen LogP contribution in [0.15, 0.2) is 36.5 Å². The van der Waals surface area contributed by atoms with Crippen LogP contribution in [0.25, 0.3) is 10.6 Å². The van der Waals surface area contributed by atoms with E-state index in [9.17, 15) is 9.90 Å². The van der Waals surface area contributed by atoms with Crippen molar-refractivity contribution in [3.63, 3.8) is 0 Å². The second kappa shape index (κ2) is 7.17. The number of nitrogens with one attached hydrogen (secondary N) is 1. The van der Waals surface area contributed by atoms with Crippen molar-refractivity contribution in [2.24, 2.45) is 0 Å². The summed E-state index contributed by atoms with van der Waals surface area (Å²) in [5, 5.41) is 13.1. The van der Waals surface area contributed by atoms with E-state index in [0.717, 1.165) is 10.6 Å². The first-order chi connectivity index (χ1) is 9.70. The standard InChI is InChI=1S/C15H18N2O2S/c1-2-12(18)8-9-16-14(19)13-10-17-15(20-13)11-6-4-3-5-7-11/h3-7,10,12,18H,2,8-9H2,1H3,(H,16,19). The van der Waals surface area contributed by atoms with Gasteiger partial charge in [0.25, 0.3) is 5.91 Å². The minimum Gasteiger partial charge on any atom is -0.393 e. The van der Waals surface area contributed by atoms with Crippen LogP contribution in [0.4, 0.5) is 0 Å². The Balaban J connectivity index is 1.93. The molecule has 0 radical (unpaired) electrons. The number of amides is 1. The van der Waals surface area contributed by atoms with Gasteiger partial charge in [0.2, 0.25) is 0 Å². The molecule has 20 heavy (non-hydrogen) atoms. The van der Waals surface area contributed by atoms with Gasteiger partial charge in [0.1, 0.15) is 9.88 Å². The Bertz CT molecular complexity index is 554. The highest BCUT2D eigenvalue weighted by Crippen LogP contribution is 2.24. The second-order valence-electron chi connectivity index (χ2n) is 4.50. The van der Waals surface area contributed by atoms with E-state index in [1.807, 2.05) is 37.3 Å². The Labute approximate surface area is 122 Å². The van der Waals surface area contributed by atoms with Crippen molar-refractivity contribution in [3.05, 3.63) is 41.4 Å². The molecule has 1 aromatic heterocycles. The maximum Gasteiger partial charge on any atom is 0.263 e. The average Bonchev–Trinajstić information content (AvgIpc) is 2.97. The third kappa shape index (κ3) is 3.88. The van der Waals surface area contributed by atoms with Gasteiger partial charge in [-0.3, -0.25) is 4.79 Å². The molecule has 0 fully saturated rings. The van der Waals surface area contributed by atoms with Crippen LogP contribution in [0.5, 0.6) is 0 Å². The highest BCUT2D eigenvalue weighted by Gasteiger charge is 2.11. The van der Waals surface area contributed by atoms with Crippen molar-refractivity contribution in [2.45, 2.75) is 25.9 Å². The van der Waals surface area contributed by atoms with E-state index < -0.39 is 0 Å². The van der Waals surface area contributed by atoms with Crippen LogP contribution in [0.3, 0.4) is 0 Å². The van der Waals surface area contributed by atoms with E-state index in [4.69, 9.17) is 0 Å². The zero-order chi connectivity index (χ0) is 14.4. The predicted octanol–water partition coefficient (Wildman–Crippen LogP) is 2.70. The van der Waals surface area contributed by atoms with Gasteiger partial charge in [-0.2, -0.15) is 0 Å². The number of carbonyl (C=O) groups is 1. The van der Waals surface area contributed by atoms with Crippen LogP contribution in [-0.2, 0) is 0 Å². The summed E-state index contributed by atoms with van der Waals surface area (Å²) in [6, 6.07) is 9.78. The molecule has 0 aliphatic rings. The molecule has 2 N–H and O–H groups in total. The number of aromatic nitrogens is 1. The van der Waals surface area contributed by atoms with Crippen LogP contribution in [0.1, 0.15) is 29.4 Å². The summed E-state index contributed by atoms with van der Waals surface area (Å²) in [6.07, 6.45) is 2.52. The van der Waals surface area contributed by atoms with Crippen LogP contribution in [0, 0.1) is 0 Å². The zero-order valence-corrected chi connectivity index (χ0v) is 12.2.